The molecular formula is C10H21N3O2. The van der Waals surface area contributed by atoms with Gasteiger partial charge < -0.3 is 4.74 Å². The van der Waals surface area contributed by atoms with Gasteiger partial charge in [0.15, 0.2) is 0 Å². The number of hydrazine groups is 1. The van der Waals surface area contributed by atoms with Crippen LogP contribution in [0, 0.1) is 0 Å². The van der Waals surface area contributed by atoms with Crippen LogP contribution in [0.25, 0.3) is 0 Å². The fourth-order valence-corrected chi connectivity index (χ4v) is 2.10. The highest BCUT2D eigenvalue weighted by molar-refractivity contribution is 5.81. The molecule has 5 heteroatoms. The van der Waals surface area contributed by atoms with Crippen molar-refractivity contribution >= 4 is 5.91 Å². The normalized spacial score (nSPS) is 20.3. The number of nitrogens with two attached hydrogens (primary N) is 1. The minimum absolute atomic E-state index is 0.105. The number of rotatable bonds is 4. The highest BCUT2D eigenvalue weighted by atomic mass is 16.5. The van der Waals surface area contributed by atoms with Gasteiger partial charge in [0.25, 0.3) is 5.91 Å². The topological polar surface area (TPSA) is 67.6 Å². The van der Waals surface area contributed by atoms with Crippen LogP contribution in [-0.2, 0) is 9.53 Å². The minimum Gasteiger partial charge on any atom is -0.381 e. The van der Waals surface area contributed by atoms with Crippen LogP contribution in [0.15, 0.2) is 0 Å². The molecule has 1 saturated heterocycles. The Morgan fingerprint density at radius 2 is 2.20 bits per heavy atom. The van der Waals surface area contributed by atoms with E-state index in [2.05, 4.69) is 10.3 Å². The van der Waals surface area contributed by atoms with Crippen LogP contribution in [0.2, 0.25) is 0 Å². The molecule has 1 fully saturated rings. The zero-order valence-electron chi connectivity index (χ0n) is 9.53. The molecule has 1 rings (SSSR count). The third-order valence-corrected chi connectivity index (χ3v) is 3.09. The summed E-state index contributed by atoms with van der Waals surface area (Å²) >= 11 is 0. The monoisotopic (exact) mass is 215 g/mol. The van der Waals surface area contributed by atoms with Gasteiger partial charge in [0.1, 0.15) is 0 Å². The average Bonchev–Trinajstić information content (AvgIpc) is 2.30. The maximum absolute atomic E-state index is 11.5. The summed E-state index contributed by atoms with van der Waals surface area (Å²) in [5, 5.41) is 0. The Morgan fingerprint density at radius 3 is 2.67 bits per heavy atom. The second-order valence-corrected chi connectivity index (χ2v) is 3.94. The van der Waals surface area contributed by atoms with Crippen molar-refractivity contribution in [3.05, 3.63) is 0 Å². The molecule has 0 spiro atoms. The zero-order valence-corrected chi connectivity index (χ0v) is 9.53. The first-order valence-corrected chi connectivity index (χ1v) is 5.50. The largest absolute Gasteiger partial charge is 0.381 e. The first-order chi connectivity index (χ1) is 7.20. The summed E-state index contributed by atoms with van der Waals surface area (Å²) in [4.78, 5) is 13.6. The van der Waals surface area contributed by atoms with E-state index >= 15 is 0 Å². The molecule has 15 heavy (non-hydrogen) atoms. The third kappa shape index (κ3) is 3.15. The molecule has 1 unspecified atom stereocenters. The Balaban J connectivity index is 2.54. The molecule has 0 aromatic rings. The lowest BCUT2D eigenvalue weighted by atomic mass is 10.0. The van der Waals surface area contributed by atoms with Gasteiger partial charge in [-0.05, 0) is 26.3 Å². The van der Waals surface area contributed by atoms with E-state index < -0.39 is 0 Å². The number of nitrogens with one attached hydrogen (secondary N) is 1. The van der Waals surface area contributed by atoms with Crippen molar-refractivity contribution in [1.82, 2.24) is 10.3 Å². The van der Waals surface area contributed by atoms with Crippen molar-refractivity contribution in [2.75, 3.05) is 20.3 Å². The summed E-state index contributed by atoms with van der Waals surface area (Å²) in [5.74, 6) is 5.06. The molecule has 0 saturated carbocycles. The van der Waals surface area contributed by atoms with Gasteiger partial charge in [0.2, 0.25) is 0 Å². The molecule has 1 aliphatic rings. The van der Waals surface area contributed by atoms with Gasteiger partial charge in [-0.1, -0.05) is 6.92 Å². The number of ether oxygens (including phenoxy) is 1. The Kier molecular flexibility index (Phi) is 5.01. The molecule has 88 valence electrons. The molecule has 1 aliphatic heterocycles. The third-order valence-electron chi connectivity index (χ3n) is 3.09. The van der Waals surface area contributed by atoms with Crippen LogP contribution < -0.4 is 11.3 Å². The quantitative estimate of drug-likeness (QED) is 0.389. The van der Waals surface area contributed by atoms with Crippen LogP contribution in [0.4, 0.5) is 0 Å². The number of carbonyl (C=O) groups excluding carboxylic acids is 1. The summed E-state index contributed by atoms with van der Waals surface area (Å²) in [6, 6.07) is 0.305. The molecular weight excluding hydrogens is 194 g/mol. The van der Waals surface area contributed by atoms with Crippen molar-refractivity contribution < 1.29 is 9.53 Å². The smallest absolute Gasteiger partial charge is 0.251 e. The average molecular weight is 215 g/mol. The number of hydrogen-bond acceptors (Lipinski definition) is 4. The van der Waals surface area contributed by atoms with Gasteiger partial charge in [-0.3, -0.25) is 15.1 Å². The summed E-state index contributed by atoms with van der Waals surface area (Å²) in [7, 11) is 1.99. The van der Waals surface area contributed by atoms with Crippen LogP contribution >= 0.6 is 0 Å². The predicted octanol–water partition coefficient (Wildman–Crippen LogP) is -0.134. The fourth-order valence-electron chi connectivity index (χ4n) is 2.10. The Labute approximate surface area is 90.9 Å². The second kappa shape index (κ2) is 6.05. The number of carbonyl (C=O) groups is 1. The molecule has 0 aromatic heterocycles. The van der Waals surface area contributed by atoms with Crippen LogP contribution in [-0.4, -0.2) is 43.2 Å². The number of amides is 1. The molecule has 1 atom stereocenters. The van der Waals surface area contributed by atoms with E-state index in [9.17, 15) is 4.79 Å². The van der Waals surface area contributed by atoms with E-state index in [0.717, 1.165) is 32.5 Å². The summed E-state index contributed by atoms with van der Waals surface area (Å²) in [6.07, 6.45) is 2.76. The van der Waals surface area contributed by atoms with Crippen LogP contribution in [0.3, 0.4) is 0 Å². The van der Waals surface area contributed by atoms with Gasteiger partial charge >= 0.3 is 0 Å². The maximum Gasteiger partial charge on any atom is 0.251 e. The molecule has 0 aliphatic carbocycles. The summed E-state index contributed by atoms with van der Waals surface area (Å²) < 4.78 is 5.30. The number of likely N-dealkylation sites (N-methyl/N-ethyl adjacent to an activating group) is 1. The molecule has 3 N–H and O–H groups in total. The van der Waals surface area contributed by atoms with E-state index in [-0.39, 0.29) is 11.9 Å². The fraction of sp³-hybridized carbons (Fsp3) is 0.900. The Morgan fingerprint density at radius 1 is 1.60 bits per heavy atom. The molecule has 0 bridgehead atoms. The number of nitrogens with zero attached hydrogens (tertiary/aromatic N) is 1. The highest BCUT2D eigenvalue weighted by Crippen LogP contribution is 2.16. The van der Waals surface area contributed by atoms with E-state index in [4.69, 9.17) is 10.6 Å². The van der Waals surface area contributed by atoms with Crippen molar-refractivity contribution in [2.24, 2.45) is 5.84 Å². The molecule has 1 heterocycles. The van der Waals surface area contributed by atoms with Crippen molar-refractivity contribution in [3.8, 4) is 0 Å². The predicted molar refractivity (Wildman–Crippen MR) is 58.0 cm³/mol. The summed E-state index contributed by atoms with van der Waals surface area (Å²) in [5.41, 5.74) is 2.22. The van der Waals surface area contributed by atoms with E-state index in [0.29, 0.717) is 6.04 Å². The highest BCUT2D eigenvalue weighted by Gasteiger charge is 2.27. The van der Waals surface area contributed by atoms with E-state index in [1.165, 1.54) is 0 Å². The van der Waals surface area contributed by atoms with Crippen molar-refractivity contribution in [1.29, 1.82) is 0 Å². The minimum atomic E-state index is -0.127. The van der Waals surface area contributed by atoms with Gasteiger partial charge in [-0.15, -0.1) is 0 Å². The van der Waals surface area contributed by atoms with Gasteiger partial charge in [-0.2, -0.15) is 0 Å². The Hall–Kier alpha value is -0.650. The first-order valence-electron chi connectivity index (χ1n) is 5.50. The standard InChI is InChI=1S/C10H21N3O2/c1-3-9(10(14)12-11)13(2)8-4-6-15-7-5-8/h8-9H,3-7,11H2,1-2H3,(H,12,14). The first kappa shape index (κ1) is 12.4. The lowest BCUT2D eigenvalue weighted by Crippen LogP contribution is -2.51. The molecule has 0 aromatic carbocycles. The van der Waals surface area contributed by atoms with E-state index in [1.54, 1.807) is 0 Å². The number of hydrogen-bond donors (Lipinski definition) is 2. The zero-order chi connectivity index (χ0) is 11.3. The molecule has 1 amide bonds. The SMILES string of the molecule is CCC(C(=O)NN)N(C)C1CCOCC1. The lowest BCUT2D eigenvalue weighted by molar-refractivity contribution is -0.127. The second-order valence-electron chi connectivity index (χ2n) is 3.94. The Bertz CT molecular complexity index is 205. The molecule has 0 radical (unpaired) electrons. The van der Waals surface area contributed by atoms with Crippen LogP contribution in [0.1, 0.15) is 26.2 Å². The van der Waals surface area contributed by atoms with Crippen molar-refractivity contribution in [3.63, 3.8) is 0 Å². The van der Waals surface area contributed by atoms with Gasteiger partial charge in [0.05, 0.1) is 6.04 Å². The van der Waals surface area contributed by atoms with Gasteiger partial charge in [-0.25, -0.2) is 5.84 Å². The lowest BCUT2D eigenvalue weighted by Gasteiger charge is -2.35. The summed E-state index contributed by atoms with van der Waals surface area (Å²) in [6.45, 7) is 3.57. The maximum atomic E-state index is 11.5. The molecule has 5 nitrogen and oxygen atoms in total. The van der Waals surface area contributed by atoms with E-state index in [1.807, 2.05) is 14.0 Å². The van der Waals surface area contributed by atoms with Crippen LogP contribution in [0.5, 0.6) is 0 Å². The van der Waals surface area contributed by atoms with Crippen molar-refractivity contribution in [2.45, 2.75) is 38.3 Å². The van der Waals surface area contributed by atoms with Gasteiger partial charge in [0, 0.05) is 19.3 Å².